The van der Waals surface area contributed by atoms with Crippen molar-refractivity contribution in [3.8, 4) is 11.4 Å². The van der Waals surface area contributed by atoms with E-state index < -0.39 is 0 Å². The fraction of sp³-hybridized carbons (Fsp3) is 0.240. The zero-order valence-corrected chi connectivity index (χ0v) is 18.8. The van der Waals surface area contributed by atoms with Gasteiger partial charge in [0.1, 0.15) is 29.0 Å². The largest absolute Gasteiger partial charge is 0.506 e. The third kappa shape index (κ3) is 5.02. The predicted molar refractivity (Wildman–Crippen MR) is 128 cm³/mol. The zero-order valence-electron chi connectivity index (χ0n) is 18.8. The number of quaternary nitrogens is 1. The molecule has 0 fully saturated rings. The van der Waals surface area contributed by atoms with E-state index in [1.165, 1.54) is 4.80 Å². The summed E-state index contributed by atoms with van der Waals surface area (Å²) in [6, 6.07) is 21.6. The summed E-state index contributed by atoms with van der Waals surface area (Å²) in [4.78, 5) is 16.5. The molecule has 8 nitrogen and oxygen atoms in total. The summed E-state index contributed by atoms with van der Waals surface area (Å²) in [6.45, 7) is 1.72. The fourth-order valence-corrected chi connectivity index (χ4v) is 3.65. The quantitative estimate of drug-likeness (QED) is 0.406. The van der Waals surface area contributed by atoms with Crippen molar-refractivity contribution in [1.82, 2.24) is 15.0 Å². The minimum Gasteiger partial charge on any atom is -0.506 e. The highest BCUT2D eigenvalue weighted by Gasteiger charge is 2.23. The van der Waals surface area contributed by atoms with E-state index in [1.807, 2.05) is 56.6 Å². The Hall–Kier alpha value is -3.75. The molecule has 0 aliphatic heterocycles. The molecular weight excluding hydrogens is 418 g/mol. The Morgan fingerprint density at radius 3 is 2.21 bits per heavy atom. The topological polar surface area (TPSA) is 91.5 Å². The Labute approximate surface area is 192 Å². The van der Waals surface area contributed by atoms with Crippen molar-refractivity contribution in [3.63, 3.8) is 0 Å². The maximum absolute atomic E-state index is 13.5. The lowest BCUT2D eigenvalue weighted by Crippen LogP contribution is -2.48. The number of nitrogens with zero attached hydrogens (tertiary/aromatic N) is 5. The molecule has 0 aliphatic rings. The number of aliphatic hydroxyl groups excluding tert-OH is 1. The van der Waals surface area contributed by atoms with Gasteiger partial charge in [0.2, 0.25) is 0 Å². The van der Waals surface area contributed by atoms with Gasteiger partial charge >= 0.3 is 0 Å². The van der Waals surface area contributed by atoms with Gasteiger partial charge in [-0.2, -0.15) is 0 Å². The number of carbonyl (C=O) groups excluding carboxylic acids is 1. The summed E-state index contributed by atoms with van der Waals surface area (Å²) < 4.78 is 0.562. The maximum Gasteiger partial charge on any atom is 0.258 e. The molecule has 4 aromatic rings. The van der Waals surface area contributed by atoms with Crippen LogP contribution < -0.4 is 4.90 Å². The van der Waals surface area contributed by atoms with Crippen molar-refractivity contribution in [2.24, 2.45) is 0 Å². The van der Waals surface area contributed by atoms with Gasteiger partial charge in [0.25, 0.3) is 5.91 Å². The second-order valence-corrected chi connectivity index (χ2v) is 8.58. The SMILES string of the molecule is C[N+](C)(CCO)CCN(C(=O)c1ccccc1)c1ccc(O)c(-n2nc3ccccc3n2)c1. The number of fused-ring (bicyclic) bond motifs is 1. The van der Waals surface area contributed by atoms with Crippen LogP contribution in [0, 0.1) is 0 Å². The lowest BCUT2D eigenvalue weighted by atomic mass is 10.1. The number of aliphatic hydroxyl groups is 1. The standard InChI is InChI=1S/C25H27N5O3/c1-30(2,16-17-31)15-14-28(25(33)19-8-4-3-5-9-19)20-12-13-24(32)23(18-20)29-26-21-10-6-7-11-22(21)27-29/h3-13,18,31H,14-17H2,1-2H3/p+1. The number of phenolic OH excluding ortho intramolecular Hbond substituents is 1. The number of likely N-dealkylation sites (N-methyl/N-ethyl adjacent to an activating group) is 1. The number of hydrogen-bond acceptors (Lipinski definition) is 5. The van der Waals surface area contributed by atoms with E-state index >= 15 is 0 Å². The molecule has 0 saturated carbocycles. The summed E-state index contributed by atoms with van der Waals surface area (Å²) in [5.41, 5.74) is 3.01. The van der Waals surface area contributed by atoms with Crippen LogP contribution in [-0.2, 0) is 0 Å². The fourth-order valence-electron chi connectivity index (χ4n) is 3.65. The lowest BCUT2D eigenvalue weighted by molar-refractivity contribution is -0.889. The van der Waals surface area contributed by atoms with Crippen LogP contribution in [0.5, 0.6) is 5.75 Å². The second-order valence-electron chi connectivity index (χ2n) is 8.58. The number of amides is 1. The Kier molecular flexibility index (Phi) is 6.39. The average molecular weight is 447 g/mol. The number of benzene rings is 3. The van der Waals surface area contributed by atoms with Crippen LogP contribution in [0.2, 0.25) is 0 Å². The van der Waals surface area contributed by atoms with Crippen molar-refractivity contribution in [1.29, 1.82) is 0 Å². The summed E-state index contributed by atoms with van der Waals surface area (Å²) in [5, 5.41) is 28.9. The molecule has 3 aromatic carbocycles. The highest BCUT2D eigenvalue weighted by atomic mass is 16.3. The van der Waals surface area contributed by atoms with Gasteiger partial charge in [0, 0.05) is 11.3 Å². The summed E-state index contributed by atoms with van der Waals surface area (Å²) in [7, 11) is 4.03. The second kappa shape index (κ2) is 9.40. The molecule has 1 amide bonds. The van der Waals surface area contributed by atoms with Crippen molar-refractivity contribution >= 4 is 22.6 Å². The van der Waals surface area contributed by atoms with Gasteiger partial charge in [-0.3, -0.25) is 4.79 Å². The van der Waals surface area contributed by atoms with Crippen LogP contribution >= 0.6 is 0 Å². The van der Waals surface area contributed by atoms with Gasteiger partial charge in [-0.05, 0) is 42.5 Å². The number of phenols is 1. The normalized spacial score (nSPS) is 11.6. The monoisotopic (exact) mass is 446 g/mol. The van der Waals surface area contributed by atoms with E-state index in [-0.39, 0.29) is 18.3 Å². The van der Waals surface area contributed by atoms with Crippen molar-refractivity contribution in [3.05, 3.63) is 78.4 Å². The molecule has 1 heterocycles. The number of rotatable bonds is 8. The Morgan fingerprint density at radius 1 is 0.939 bits per heavy atom. The van der Waals surface area contributed by atoms with Gasteiger partial charge in [0.15, 0.2) is 0 Å². The minimum absolute atomic E-state index is 0.0163. The van der Waals surface area contributed by atoms with Crippen LogP contribution in [0.4, 0.5) is 5.69 Å². The first-order chi connectivity index (χ1) is 15.9. The molecule has 0 radical (unpaired) electrons. The Morgan fingerprint density at radius 2 is 1.58 bits per heavy atom. The summed E-state index contributed by atoms with van der Waals surface area (Å²) >= 11 is 0. The molecule has 0 spiro atoms. The van der Waals surface area contributed by atoms with Gasteiger partial charge in [-0.25, -0.2) is 0 Å². The van der Waals surface area contributed by atoms with Crippen LogP contribution in [-0.4, -0.2) is 75.9 Å². The highest BCUT2D eigenvalue weighted by Crippen LogP contribution is 2.28. The van der Waals surface area contributed by atoms with Crippen LogP contribution in [0.15, 0.2) is 72.8 Å². The van der Waals surface area contributed by atoms with E-state index in [9.17, 15) is 15.0 Å². The van der Waals surface area contributed by atoms with E-state index in [2.05, 4.69) is 10.2 Å². The summed E-state index contributed by atoms with van der Waals surface area (Å²) in [5.74, 6) is -0.127. The highest BCUT2D eigenvalue weighted by molar-refractivity contribution is 6.06. The Balaban J connectivity index is 1.73. The smallest absolute Gasteiger partial charge is 0.258 e. The van der Waals surface area contributed by atoms with Crippen LogP contribution in [0.3, 0.4) is 0 Å². The molecule has 4 rings (SSSR count). The van der Waals surface area contributed by atoms with Gasteiger partial charge in [-0.1, -0.05) is 30.3 Å². The number of carbonyl (C=O) groups is 1. The minimum atomic E-state index is -0.144. The molecule has 0 bridgehead atoms. The molecule has 0 atom stereocenters. The molecule has 0 aliphatic carbocycles. The molecule has 0 saturated heterocycles. The first-order valence-electron chi connectivity index (χ1n) is 10.8. The molecular formula is C25H28N5O3+. The van der Waals surface area contributed by atoms with Gasteiger partial charge in [-0.15, -0.1) is 15.0 Å². The third-order valence-electron chi connectivity index (χ3n) is 5.67. The maximum atomic E-state index is 13.5. The first kappa shape index (κ1) is 22.4. The molecule has 1 aromatic heterocycles. The van der Waals surface area contributed by atoms with Crippen LogP contribution in [0.1, 0.15) is 10.4 Å². The van der Waals surface area contributed by atoms with E-state index in [0.717, 1.165) is 0 Å². The van der Waals surface area contributed by atoms with Gasteiger partial charge in [0.05, 0.1) is 33.8 Å². The van der Waals surface area contributed by atoms with E-state index in [0.29, 0.717) is 52.1 Å². The molecule has 170 valence electrons. The number of aromatic hydroxyl groups is 1. The zero-order chi connectivity index (χ0) is 23.4. The lowest BCUT2D eigenvalue weighted by Gasteiger charge is -2.32. The number of hydrogen-bond donors (Lipinski definition) is 2. The van der Waals surface area contributed by atoms with Crippen LogP contribution in [0.25, 0.3) is 16.7 Å². The number of anilines is 1. The Bertz CT molecular complexity index is 1220. The van der Waals surface area contributed by atoms with Crippen molar-refractivity contribution < 1.29 is 19.5 Å². The van der Waals surface area contributed by atoms with E-state index in [1.54, 1.807) is 35.2 Å². The van der Waals surface area contributed by atoms with E-state index in [4.69, 9.17) is 0 Å². The molecule has 2 N–H and O–H groups in total. The summed E-state index contributed by atoms with van der Waals surface area (Å²) in [6.07, 6.45) is 0. The molecule has 33 heavy (non-hydrogen) atoms. The number of aromatic nitrogens is 3. The molecule has 0 unspecified atom stereocenters. The van der Waals surface area contributed by atoms with Gasteiger partial charge < -0.3 is 19.6 Å². The van der Waals surface area contributed by atoms with Crippen molar-refractivity contribution in [2.75, 3.05) is 45.2 Å². The predicted octanol–water partition coefficient (Wildman–Crippen LogP) is 2.84. The first-order valence-corrected chi connectivity index (χ1v) is 10.8. The molecule has 8 heteroatoms. The van der Waals surface area contributed by atoms with Crippen molar-refractivity contribution in [2.45, 2.75) is 0 Å². The average Bonchev–Trinajstić information content (AvgIpc) is 3.24. The third-order valence-corrected chi connectivity index (χ3v) is 5.67.